The van der Waals surface area contributed by atoms with E-state index in [4.69, 9.17) is 0 Å². The Balaban J connectivity index is 1.18. The molecule has 4 aliphatic heterocycles. The number of thioether (sulfide) groups is 1. The molecule has 246 valence electrons. The van der Waals surface area contributed by atoms with E-state index >= 15 is 0 Å². The molecular formula is C43H55BN2S. The maximum absolute atomic E-state index is 3.28. The van der Waals surface area contributed by atoms with Crippen molar-refractivity contribution in [1.29, 1.82) is 0 Å². The number of benzene rings is 2. The zero-order valence-corrected chi connectivity index (χ0v) is 29.7. The second kappa shape index (κ2) is 11.3. The van der Waals surface area contributed by atoms with Crippen LogP contribution < -0.4 is 4.90 Å². The van der Waals surface area contributed by atoms with Gasteiger partial charge in [-0.15, -0.1) is 0 Å². The summed E-state index contributed by atoms with van der Waals surface area (Å²) in [7, 11) is 0. The second-order valence-electron chi connectivity index (χ2n) is 17.5. The average molecular weight is 643 g/mol. The van der Waals surface area contributed by atoms with Crippen LogP contribution in [0.5, 0.6) is 0 Å². The van der Waals surface area contributed by atoms with Gasteiger partial charge < -0.3 is 4.90 Å². The largest absolute Gasteiger partial charge is 0.342 e. The van der Waals surface area contributed by atoms with Gasteiger partial charge >= 0.3 is 0 Å². The summed E-state index contributed by atoms with van der Waals surface area (Å²) in [4.78, 5) is 6.31. The van der Waals surface area contributed by atoms with Crippen LogP contribution in [0.15, 0.2) is 84.0 Å². The minimum Gasteiger partial charge on any atom is -0.342 e. The third-order valence-corrected chi connectivity index (χ3v) is 17.4. The zero-order valence-electron chi connectivity index (χ0n) is 28.9. The molecule has 2 aromatic carbocycles. The SMILES string of the molecule is CC1(C)N2C3CCCC4=C3B(C3CCCC(C32)C12CCCCC2)C1SC(c2ccccc2)C(C2CC=CCC2)C1N4c1ccccc1. The molecular weight excluding hydrogens is 587 g/mol. The van der Waals surface area contributed by atoms with Crippen molar-refractivity contribution in [3.05, 3.63) is 89.5 Å². The van der Waals surface area contributed by atoms with Gasteiger partial charge in [0.2, 0.25) is 0 Å². The Hall–Kier alpha value is -1.91. The van der Waals surface area contributed by atoms with Crippen molar-refractivity contribution >= 4 is 24.2 Å². The van der Waals surface area contributed by atoms with Gasteiger partial charge in [0, 0.05) is 45.4 Å². The van der Waals surface area contributed by atoms with E-state index in [-0.39, 0.29) is 5.54 Å². The number of anilines is 1. The highest BCUT2D eigenvalue weighted by Gasteiger charge is 2.72. The lowest BCUT2D eigenvalue weighted by atomic mass is 9.25. The summed E-state index contributed by atoms with van der Waals surface area (Å²) in [5.41, 5.74) is 7.60. The second-order valence-corrected chi connectivity index (χ2v) is 18.8. The summed E-state index contributed by atoms with van der Waals surface area (Å²) >= 11 is 2.46. The Morgan fingerprint density at radius 2 is 1.57 bits per heavy atom. The van der Waals surface area contributed by atoms with Crippen LogP contribution in [0.25, 0.3) is 0 Å². The number of hydrogen-bond donors (Lipinski definition) is 0. The topological polar surface area (TPSA) is 6.48 Å². The Kier molecular flexibility index (Phi) is 7.21. The summed E-state index contributed by atoms with van der Waals surface area (Å²) < 4.78 is 0. The van der Waals surface area contributed by atoms with Gasteiger partial charge in [-0.1, -0.05) is 98.3 Å². The minimum atomic E-state index is 0.289. The van der Waals surface area contributed by atoms with E-state index in [1.54, 1.807) is 11.3 Å². The van der Waals surface area contributed by atoms with Gasteiger partial charge in [-0.05, 0) is 118 Å². The summed E-state index contributed by atoms with van der Waals surface area (Å²) in [5, 5.41) is 1.25. The Morgan fingerprint density at radius 3 is 2.34 bits per heavy atom. The van der Waals surface area contributed by atoms with Crippen LogP contribution in [0.3, 0.4) is 0 Å². The molecule has 10 rings (SSSR count). The van der Waals surface area contributed by atoms with Crippen molar-refractivity contribution in [2.45, 2.75) is 144 Å². The maximum Gasteiger partial charge on any atom is 0.196 e. The molecule has 0 N–H and O–H groups in total. The Morgan fingerprint density at radius 1 is 0.787 bits per heavy atom. The number of allylic oxidation sites excluding steroid dienone is 3. The Bertz CT molecular complexity index is 1540. The highest BCUT2D eigenvalue weighted by atomic mass is 32.2. The van der Waals surface area contributed by atoms with Gasteiger partial charge in [-0.2, -0.15) is 11.8 Å². The first-order valence-electron chi connectivity index (χ1n) is 19.8. The van der Waals surface area contributed by atoms with E-state index in [2.05, 4.69) is 108 Å². The smallest absolute Gasteiger partial charge is 0.196 e. The fourth-order valence-corrected chi connectivity index (χ4v) is 16.3. The molecule has 9 unspecified atom stereocenters. The summed E-state index contributed by atoms with van der Waals surface area (Å²) in [6.45, 7) is 6.23. The maximum atomic E-state index is 3.28. The molecule has 2 aromatic rings. The molecule has 3 saturated heterocycles. The van der Waals surface area contributed by atoms with Crippen molar-refractivity contribution in [3.63, 3.8) is 0 Å². The van der Waals surface area contributed by atoms with Crippen LogP contribution in [0.1, 0.15) is 115 Å². The monoisotopic (exact) mass is 642 g/mol. The van der Waals surface area contributed by atoms with Crippen LogP contribution >= 0.6 is 11.8 Å². The first-order valence-corrected chi connectivity index (χ1v) is 20.8. The van der Waals surface area contributed by atoms with Crippen LogP contribution in [-0.2, 0) is 0 Å². The molecule has 4 aliphatic carbocycles. The van der Waals surface area contributed by atoms with Crippen LogP contribution in [0, 0.1) is 23.2 Å². The minimum absolute atomic E-state index is 0.289. The zero-order chi connectivity index (χ0) is 31.3. The Labute approximate surface area is 289 Å². The highest BCUT2D eigenvalue weighted by molar-refractivity contribution is 8.02. The molecule has 2 nitrogen and oxygen atoms in total. The number of para-hydroxylation sites is 1. The van der Waals surface area contributed by atoms with Crippen molar-refractivity contribution in [3.8, 4) is 0 Å². The van der Waals surface area contributed by atoms with Crippen molar-refractivity contribution in [2.75, 3.05) is 4.90 Å². The van der Waals surface area contributed by atoms with E-state index in [0.29, 0.717) is 33.8 Å². The van der Waals surface area contributed by atoms with Crippen LogP contribution in [0.2, 0.25) is 5.82 Å². The molecule has 5 fully saturated rings. The molecule has 9 atom stereocenters. The molecule has 0 amide bonds. The van der Waals surface area contributed by atoms with Crippen LogP contribution in [0.4, 0.5) is 5.69 Å². The van der Waals surface area contributed by atoms with E-state index in [0.717, 1.165) is 30.4 Å². The molecule has 0 radical (unpaired) electrons. The van der Waals surface area contributed by atoms with E-state index in [9.17, 15) is 0 Å². The number of rotatable bonds is 3. The quantitative estimate of drug-likeness (QED) is 0.243. The predicted molar refractivity (Wildman–Crippen MR) is 200 cm³/mol. The number of fused-ring (bicyclic) bond motifs is 5. The first kappa shape index (κ1) is 30.0. The van der Waals surface area contributed by atoms with Gasteiger partial charge in [-0.3, -0.25) is 4.90 Å². The molecule has 2 saturated carbocycles. The molecule has 8 aliphatic rings. The molecule has 0 aromatic heterocycles. The van der Waals surface area contributed by atoms with E-state index in [1.165, 1.54) is 95.6 Å². The van der Waals surface area contributed by atoms with Gasteiger partial charge in [0.15, 0.2) is 6.71 Å². The lowest BCUT2D eigenvalue weighted by molar-refractivity contribution is -0.00317. The predicted octanol–water partition coefficient (Wildman–Crippen LogP) is 10.7. The molecule has 1 spiro atoms. The van der Waals surface area contributed by atoms with Gasteiger partial charge in [0.1, 0.15) is 0 Å². The van der Waals surface area contributed by atoms with Gasteiger partial charge in [-0.25, -0.2) is 0 Å². The lowest BCUT2D eigenvalue weighted by Gasteiger charge is -2.61. The number of hydrogen-bond acceptors (Lipinski definition) is 3. The van der Waals surface area contributed by atoms with Gasteiger partial charge in [0.05, 0.1) is 0 Å². The molecule has 0 bridgehead atoms. The fourth-order valence-electron chi connectivity index (χ4n) is 14.1. The van der Waals surface area contributed by atoms with Crippen LogP contribution in [-0.4, -0.2) is 40.4 Å². The summed E-state index contributed by atoms with van der Waals surface area (Å²) in [5.74, 6) is 3.17. The molecule has 4 heteroatoms. The van der Waals surface area contributed by atoms with Crippen molar-refractivity contribution < 1.29 is 0 Å². The van der Waals surface area contributed by atoms with Crippen molar-refractivity contribution in [2.24, 2.45) is 23.2 Å². The average Bonchev–Trinajstić information content (AvgIpc) is 3.60. The summed E-state index contributed by atoms with van der Waals surface area (Å²) in [6.07, 6.45) is 24.7. The fraction of sp³-hybridized carbons (Fsp3) is 0.628. The standard InChI is InChI=1S/C43H55BN2S/c1-42(2)43(27-13-6-14-28-43)32-23-15-24-33-38(32)46(42)35-26-16-25-34-37(35)44(33)41-39(45(34)31-21-11-5-12-22-31)36(29-17-7-3-8-18-29)40(47-41)30-19-9-4-10-20-30/h3-5,7,9-12,19-22,29,32-33,35-36,38-41H,6,8,13-18,23-28H2,1-2H3. The van der Waals surface area contributed by atoms with Gasteiger partial charge in [0.25, 0.3) is 0 Å². The lowest BCUT2D eigenvalue weighted by Crippen LogP contribution is -2.69. The molecule has 4 heterocycles. The van der Waals surface area contributed by atoms with Crippen molar-refractivity contribution in [1.82, 2.24) is 4.90 Å². The normalized spacial score (nSPS) is 39.9. The van der Waals surface area contributed by atoms with E-state index < -0.39 is 0 Å². The number of nitrogens with zero attached hydrogens (tertiary/aromatic N) is 2. The third kappa shape index (κ3) is 4.16. The summed E-state index contributed by atoms with van der Waals surface area (Å²) in [6, 6.07) is 25.6. The third-order valence-electron chi connectivity index (χ3n) is 15.6. The first-order chi connectivity index (χ1) is 23.1. The highest BCUT2D eigenvalue weighted by Crippen LogP contribution is 2.71. The molecule has 47 heavy (non-hydrogen) atoms. The van der Waals surface area contributed by atoms with E-state index in [1.807, 2.05) is 5.47 Å².